The predicted molar refractivity (Wildman–Crippen MR) is 81.3 cm³/mol. The lowest BCUT2D eigenvalue weighted by Gasteiger charge is -2.17. The summed E-state index contributed by atoms with van der Waals surface area (Å²) in [5.41, 5.74) is 1.17. The maximum Gasteiger partial charge on any atom is 0.122 e. The first-order valence-corrected chi connectivity index (χ1v) is 7.42. The van der Waals surface area contributed by atoms with Gasteiger partial charge in [0.25, 0.3) is 0 Å². The van der Waals surface area contributed by atoms with Gasteiger partial charge in [0.15, 0.2) is 0 Å². The van der Waals surface area contributed by atoms with Gasteiger partial charge in [0.2, 0.25) is 0 Å². The van der Waals surface area contributed by atoms with Gasteiger partial charge in [-0.15, -0.1) is 0 Å². The monoisotopic (exact) mass is 313 g/mol. The Morgan fingerprint density at radius 1 is 1.28 bits per heavy atom. The zero-order valence-corrected chi connectivity index (χ0v) is 13.4. The Morgan fingerprint density at radius 2 is 2.00 bits per heavy atom. The maximum atomic E-state index is 5.92. The second kappa shape index (κ2) is 7.80. The summed E-state index contributed by atoms with van der Waals surface area (Å²) in [7, 11) is 0. The smallest absolute Gasteiger partial charge is 0.122 e. The summed E-state index contributed by atoms with van der Waals surface area (Å²) < 4.78 is 7.02. The summed E-state index contributed by atoms with van der Waals surface area (Å²) >= 11 is 3.46. The van der Waals surface area contributed by atoms with Crippen LogP contribution in [-0.4, -0.2) is 19.2 Å². The molecule has 0 bridgehead atoms. The summed E-state index contributed by atoms with van der Waals surface area (Å²) in [6.07, 6.45) is 1.40. The van der Waals surface area contributed by atoms with Crippen LogP contribution in [0.1, 0.15) is 32.8 Å². The number of ether oxygens (including phenoxy) is 1. The third kappa shape index (κ3) is 5.87. The summed E-state index contributed by atoms with van der Waals surface area (Å²) in [6, 6.07) is 6.11. The fraction of sp³-hybridized carbons (Fsp3) is 0.600. The molecule has 0 aliphatic carbocycles. The molecule has 1 rings (SSSR count). The zero-order chi connectivity index (χ0) is 13.5. The molecule has 1 N–H and O–H groups in total. The van der Waals surface area contributed by atoms with E-state index in [9.17, 15) is 0 Å². The molecular weight excluding hydrogens is 290 g/mol. The van der Waals surface area contributed by atoms with E-state index in [-0.39, 0.29) is 6.10 Å². The first-order chi connectivity index (χ1) is 8.49. The van der Waals surface area contributed by atoms with Crippen LogP contribution in [0.2, 0.25) is 0 Å². The minimum Gasteiger partial charge on any atom is -0.489 e. The van der Waals surface area contributed by atoms with Crippen molar-refractivity contribution >= 4 is 15.9 Å². The molecule has 2 nitrogen and oxygen atoms in total. The zero-order valence-electron chi connectivity index (χ0n) is 11.8. The molecule has 1 aromatic rings. The fourth-order valence-electron chi connectivity index (χ4n) is 1.70. The van der Waals surface area contributed by atoms with Gasteiger partial charge in [-0.25, -0.2) is 0 Å². The number of nitrogens with one attached hydrogen (secondary N) is 1. The molecule has 0 saturated carbocycles. The van der Waals surface area contributed by atoms with Crippen LogP contribution in [0.25, 0.3) is 0 Å². The topological polar surface area (TPSA) is 21.3 Å². The van der Waals surface area contributed by atoms with E-state index in [4.69, 9.17) is 4.74 Å². The van der Waals surface area contributed by atoms with Crippen molar-refractivity contribution in [3.63, 3.8) is 0 Å². The molecular formula is C15H24BrNO. The van der Waals surface area contributed by atoms with Crippen molar-refractivity contribution in [3.05, 3.63) is 28.2 Å². The summed E-state index contributed by atoms with van der Waals surface area (Å²) in [5.74, 6) is 1.72. The quantitative estimate of drug-likeness (QED) is 0.763. The van der Waals surface area contributed by atoms with Crippen molar-refractivity contribution < 1.29 is 4.74 Å². The van der Waals surface area contributed by atoms with E-state index < -0.39 is 0 Å². The van der Waals surface area contributed by atoms with Gasteiger partial charge in [0.1, 0.15) is 11.9 Å². The van der Waals surface area contributed by atoms with Crippen molar-refractivity contribution in [2.24, 2.45) is 5.92 Å². The standard InChI is InChI=1S/C15H24BrNO/c1-11(2)7-8-17-10-13(4)18-15-6-5-14(16)9-12(15)3/h5-6,9,11,13,17H,7-8,10H2,1-4H3. The molecule has 0 saturated heterocycles. The highest BCUT2D eigenvalue weighted by molar-refractivity contribution is 9.10. The van der Waals surface area contributed by atoms with Crippen molar-refractivity contribution in [3.8, 4) is 5.75 Å². The van der Waals surface area contributed by atoms with Gasteiger partial charge >= 0.3 is 0 Å². The average molecular weight is 314 g/mol. The lowest BCUT2D eigenvalue weighted by molar-refractivity contribution is 0.215. The van der Waals surface area contributed by atoms with E-state index in [0.717, 1.165) is 29.2 Å². The van der Waals surface area contributed by atoms with Gasteiger partial charge in [-0.05, 0) is 56.5 Å². The number of hydrogen-bond acceptors (Lipinski definition) is 2. The van der Waals surface area contributed by atoms with Crippen LogP contribution >= 0.6 is 15.9 Å². The van der Waals surface area contributed by atoms with Crippen molar-refractivity contribution in [1.29, 1.82) is 0 Å². The van der Waals surface area contributed by atoms with E-state index in [1.165, 1.54) is 12.0 Å². The molecule has 0 amide bonds. The summed E-state index contributed by atoms with van der Waals surface area (Å²) in [5, 5.41) is 3.43. The highest BCUT2D eigenvalue weighted by Crippen LogP contribution is 2.22. The van der Waals surface area contributed by atoms with Gasteiger partial charge in [-0.2, -0.15) is 0 Å². The van der Waals surface area contributed by atoms with Gasteiger partial charge < -0.3 is 10.1 Å². The van der Waals surface area contributed by atoms with Gasteiger partial charge in [-0.3, -0.25) is 0 Å². The van der Waals surface area contributed by atoms with E-state index >= 15 is 0 Å². The Balaban J connectivity index is 2.33. The Morgan fingerprint density at radius 3 is 2.61 bits per heavy atom. The van der Waals surface area contributed by atoms with Crippen LogP contribution in [0, 0.1) is 12.8 Å². The average Bonchev–Trinajstić information content (AvgIpc) is 2.28. The third-order valence-corrected chi connectivity index (χ3v) is 3.29. The minimum absolute atomic E-state index is 0.192. The summed E-state index contributed by atoms with van der Waals surface area (Å²) in [6.45, 7) is 10.6. The highest BCUT2D eigenvalue weighted by atomic mass is 79.9. The number of aryl methyl sites for hydroxylation is 1. The third-order valence-electron chi connectivity index (χ3n) is 2.80. The second-order valence-electron chi connectivity index (χ2n) is 5.22. The first-order valence-electron chi connectivity index (χ1n) is 6.62. The van der Waals surface area contributed by atoms with Crippen LogP contribution in [-0.2, 0) is 0 Å². The molecule has 0 spiro atoms. The largest absolute Gasteiger partial charge is 0.489 e. The van der Waals surface area contributed by atoms with Gasteiger partial charge in [0.05, 0.1) is 0 Å². The van der Waals surface area contributed by atoms with Gasteiger partial charge in [-0.1, -0.05) is 29.8 Å². The number of halogens is 1. The van der Waals surface area contributed by atoms with E-state index in [2.05, 4.69) is 55.0 Å². The lowest BCUT2D eigenvalue weighted by atomic mass is 10.1. The van der Waals surface area contributed by atoms with Gasteiger partial charge in [0, 0.05) is 11.0 Å². The number of hydrogen-bond donors (Lipinski definition) is 1. The number of benzene rings is 1. The molecule has 0 radical (unpaired) electrons. The highest BCUT2D eigenvalue weighted by Gasteiger charge is 2.06. The molecule has 0 fully saturated rings. The molecule has 0 aromatic heterocycles. The Kier molecular flexibility index (Phi) is 6.72. The van der Waals surface area contributed by atoms with E-state index in [1.54, 1.807) is 0 Å². The Labute approximate surface area is 119 Å². The molecule has 1 atom stereocenters. The van der Waals surface area contributed by atoms with Crippen LogP contribution in [0.3, 0.4) is 0 Å². The van der Waals surface area contributed by atoms with Crippen LogP contribution in [0.5, 0.6) is 5.75 Å². The lowest BCUT2D eigenvalue weighted by Crippen LogP contribution is -2.30. The molecule has 102 valence electrons. The normalized spacial score (nSPS) is 12.8. The predicted octanol–water partition coefficient (Wildman–Crippen LogP) is 4.16. The van der Waals surface area contributed by atoms with E-state index in [0.29, 0.717) is 0 Å². The SMILES string of the molecule is Cc1cc(Br)ccc1OC(C)CNCCC(C)C. The second-order valence-corrected chi connectivity index (χ2v) is 6.14. The van der Waals surface area contributed by atoms with Crippen molar-refractivity contribution in [2.75, 3.05) is 13.1 Å². The maximum absolute atomic E-state index is 5.92. The number of rotatable bonds is 7. The van der Waals surface area contributed by atoms with Crippen LogP contribution < -0.4 is 10.1 Å². The first kappa shape index (κ1) is 15.5. The fourth-order valence-corrected chi connectivity index (χ4v) is 2.18. The molecule has 18 heavy (non-hydrogen) atoms. The van der Waals surface area contributed by atoms with Crippen LogP contribution in [0.4, 0.5) is 0 Å². The Hall–Kier alpha value is -0.540. The molecule has 3 heteroatoms. The molecule has 1 aromatic carbocycles. The van der Waals surface area contributed by atoms with Crippen LogP contribution in [0.15, 0.2) is 22.7 Å². The molecule has 0 aliphatic heterocycles. The van der Waals surface area contributed by atoms with E-state index in [1.807, 2.05) is 12.1 Å². The minimum atomic E-state index is 0.192. The summed E-state index contributed by atoms with van der Waals surface area (Å²) in [4.78, 5) is 0. The molecule has 0 heterocycles. The molecule has 0 aliphatic rings. The van der Waals surface area contributed by atoms with Crippen molar-refractivity contribution in [1.82, 2.24) is 5.32 Å². The van der Waals surface area contributed by atoms with Crippen molar-refractivity contribution in [2.45, 2.75) is 40.2 Å². The molecule has 1 unspecified atom stereocenters. The Bertz CT molecular complexity index is 366.